The Balaban J connectivity index is 2.47. The lowest BCUT2D eigenvalue weighted by Gasteiger charge is -2.11. The van der Waals surface area contributed by atoms with Gasteiger partial charge in [0.1, 0.15) is 0 Å². The summed E-state index contributed by atoms with van der Waals surface area (Å²) in [7, 11) is 0. The van der Waals surface area contributed by atoms with Gasteiger partial charge in [-0.05, 0) is 33.7 Å². The summed E-state index contributed by atoms with van der Waals surface area (Å²) in [5.74, 6) is 0. The van der Waals surface area contributed by atoms with Gasteiger partial charge >= 0.3 is 0 Å². The molecule has 1 aromatic rings. The Morgan fingerprint density at radius 3 is 2.73 bits per heavy atom. The molecule has 1 atom stereocenters. The number of hydrogen-bond acceptors (Lipinski definition) is 3. The van der Waals surface area contributed by atoms with E-state index in [-0.39, 0.29) is 6.61 Å². The predicted molar refractivity (Wildman–Crippen MR) is 60.7 cm³/mol. The summed E-state index contributed by atoms with van der Waals surface area (Å²) in [6.07, 6.45) is 4.76. The van der Waals surface area contributed by atoms with E-state index in [0.29, 0.717) is 12.1 Å². The third kappa shape index (κ3) is 3.64. The summed E-state index contributed by atoms with van der Waals surface area (Å²) < 4.78 is 1.96. The van der Waals surface area contributed by atoms with E-state index in [4.69, 9.17) is 5.11 Å². The molecule has 2 N–H and O–H groups in total. The van der Waals surface area contributed by atoms with E-state index in [0.717, 1.165) is 13.0 Å². The van der Waals surface area contributed by atoms with Crippen LogP contribution < -0.4 is 5.32 Å². The average Bonchev–Trinajstić information content (AvgIpc) is 2.66. The summed E-state index contributed by atoms with van der Waals surface area (Å²) in [4.78, 5) is 0. The monoisotopic (exact) mass is 211 g/mol. The molecule has 0 bridgehead atoms. The second-order valence-electron chi connectivity index (χ2n) is 4.10. The Labute approximate surface area is 91.3 Å². The molecule has 4 heteroatoms. The second kappa shape index (κ2) is 5.88. The van der Waals surface area contributed by atoms with Gasteiger partial charge in [-0.15, -0.1) is 0 Å². The van der Waals surface area contributed by atoms with Crippen molar-refractivity contribution in [3.8, 4) is 0 Å². The molecule has 0 saturated heterocycles. The zero-order chi connectivity index (χ0) is 11.3. The van der Waals surface area contributed by atoms with Crippen molar-refractivity contribution in [2.24, 2.45) is 0 Å². The zero-order valence-electron chi connectivity index (χ0n) is 9.77. The molecule has 0 fully saturated rings. The topological polar surface area (TPSA) is 50.1 Å². The first kappa shape index (κ1) is 12.2. The maximum absolute atomic E-state index is 8.67. The molecular weight excluding hydrogens is 190 g/mol. The van der Waals surface area contributed by atoms with Crippen molar-refractivity contribution in [1.29, 1.82) is 0 Å². The number of nitrogens with zero attached hydrogens (tertiary/aromatic N) is 2. The first-order valence-electron chi connectivity index (χ1n) is 5.53. The molecule has 1 rings (SSSR count). The largest absolute Gasteiger partial charge is 0.396 e. The highest BCUT2D eigenvalue weighted by Gasteiger charge is 2.08. The summed E-state index contributed by atoms with van der Waals surface area (Å²) in [5.41, 5.74) is 1.20. The first-order valence-corrected chi connectivity index (χ1v) is 5.53. The van der Waals surface area contributed by atoms with Crippen LogP contribution >= 0.6 is 0 Å². The van der Waals surface area contributed by atoms with Crippen LogP contribution in [-0.4, -0.2) is 28.0 Å². The molecule has 0 aliphatic heterocycles. The van der Waals surface area contributed by atoms with Gasteiger partial charge in [0.05, 0.1) is 6.20 Å². The van der Waals surface area contributed by atoms with Gasteiger partial charge in [0.25, 0.3) is 0 Å². The van der Waals surface area contributed by atoms with Crippen LogP contribution in [0.4, 0.5) is 0 Å². The molecule has 86 valence electrons. The van der Waals surface area contributed by atoms with E-state index < -0.39 is 0 Å². The molecule has 1 aromatic heterocycles. The van der Waals surface area contributed by atoms with Gasteiger partial charge in [0.15, 0.2) is 0 Å². The number of aliphatic hydroxyl groups is 1. The minimum absolute atomic E-state index is 0.241. The van der Waals surface area contributed by atoms with Crippen LogP contribution in [0.2, 0.25) is 0 Å². The number of aliphatic hydroxyl groups excluding tert-OH is 1. The van der Waals surface area contributed by atoms with Gasteiger partial charge in [0, 0.05) is 30.5 Å². The van der Waals surface area contributed by atoms with Gasteiger partial charge in [-0.2, -0.15) is 5.10 Å². The lowest BCUT2D eigenvalue weighted by Crippen LogP contribution is -2.20. The standard InChI is InChI=1S/C11H21N3O/c1-9(2)14-8-11(7-13-14)10(3)12-5-4-6-15/h7-10,12,15H,4-6H2,1-3H3. The molecule has 1 unspecified atom stereocenters. The van der Waals surface area contributed by atoms with Gasteiger partial charge in [0.2, 0.25) is 0 Å². The SMILES string of the molecule is CC(NCCCO)c1cnn(C(C)C)c1. The third-order valence-corrected chi connectivity index (χ3v) is 2.44. The van der Waals surface area contributed by atoms with E-state index in [9.17, 15) is 0 Å². The van der Waals surface area contributed by atoms with Crippen LogP contribution in [-0.2, 0) is 0 Å². The van der Waals surface area contributed by atoms with Gasteiger partial charge in [-0.1, -0.05) is 0 Å². The predicted octanol–water partition coefficient (Wildman–Crippen LogP) is 1.50. The fourth-order valence-corrected chi connectivity index (χ4v) is 1.37. The highest BCUT2D eigenvalue weighted by atomic mass is 16.3. The van der Waals surface area contributed by atoms with Gasteiger partial charge < -0.3 is 10.4 Å². The Morgan fingerprint density at radius 2 is 2.20 bits per heavy atom. The van der Waals surface area contributed by atoms with Crippen molar-refractivity contribution in [2.45, 2.75) is 39.3 Å². The van der Waals surface area contributed by atoms with E-state index in [2.05, 4.69) is 37.4 Å². The molecule has 0 aromatic carbocycles. The molecule has 0 saturated carbocycles. The lowest BCUT2D eigenvalue weighted by atomic mass is 10.2. The van der Waals surface area contributed by atoms with E-state index in [1.54, 1.807) is 0 Å². The van der Waals surface area contributed by atoms with Crippen molar-refractivity contribution in [2.75, 3.05) is 13.2 Å². The number of rotatable bonds is 6. The Bertz CT molecular complexity index is 283. The van der Waals surface area contributed by atoms with Crippen LogP contribution in [0, 0.1) is 0 Å². The van der Waals surface area contributed by atoms with Crippen molar-refractivity contribution in [3.05, 3.63) is 18.0 Å². The lowest BCUT2D eigenvalue weighted by molar-refractivity contribution is 0.284. The maximum atomic E-state index is 8.67. The fraction of sp³-hybridized carbons (Fsp3) is 0.727. The highest BCUT2D eigenvalue weighted by molar-refractivity contribution is 5.09. The van der Waals surface area contributed by atoms with E-state index in [1.165, 1.54) is 5.56 Å². The molecule has 0 aliphatic carbocycles. The van der Waals surface area contributed by atoms with Gasteiger partial charge in [-0.3, -0.25) is 4.68 Å². The van der Waals surface area contributed by atoms with Crippen LogP contribution in [0.25, 0.3) is 0 Å². The molecule has 0 spiro atoms. The second-order valence-corrected chi connectivity index (χ2v) is 4.10. The molecule has 4 nitrogen and oxygen atoms in total. The summed E-state index contributed by atoms with van der Waals surface area (Å²) in [6.45, 7) is 7.41. The molecule has 15 heavy (non-hydrogen) atoms. The number of aromatic nitrogens is 2. The van der Waals surface area contributed by atoms with Crippen molar-refractivity contribution < 1.29 is 5.11 Å². The molecule has 1 heterocycles. The first-order chi connectivity index (χ1) is 7.15. The van der Waals surface area contributed by atoms with E-state index in [1.807, 2.05) is 10.9 Å². The minimum atomic E-state index is 0.241. The van der Waals surface area contributed by atoms with Crippen molar-refractivity contribution in [1.82, 2.24) is 15.1 Å². The Kier molecular flexibility index (Phi) is 4.78. The van der Waals surface area contributed by atoms with Crippen molar-refractivity contribution >= 4 is 0 Å². The number of hydrogen-bond donors (Lipinski definition) is 2. The highest BCUT2D eigenvalue weighted by Crippen LogP contribution is 2.13. The molecule has 0 amide bonds. The maximum Gasteiger partial charge on any atom is 0.0537 e. The van der Waals surface area contributed by atoms with Crippen LogP contribution in [0.5, 0.6) is 0 Å². The molecule has 0 aliphatic rings. The average molecular weight is 211 g/mol. The van der Waals surface area contributed by atoms with Crippen LogP contribution in [0.3, 0.4) is 0 Å². The Morgan fingerprint density at radius 1 is 1.47 bits per heavy atom. The fourth-order valence-electron chi connectivity index (χ4n) is 1.37. The summed E-state index contributed by atoms with van der Waals surface area (Å²) in [6, 6.07) is 0.701. The molecule has 0 radical (unpaired) electrons. The summed E-state index contributed by atoms with van der Waals surface area (Å²) in [5, 5.41) is 16.3. The summed E-state index contributed by atoms with van der Waals surface area (Å²) >= 11 is 0. The third-order valence-electron chi connectivity index (χ3n) is 2.44. The van der Waals surface area contributed by atoms with Gasteiger partial charge in [-0.25, -0.2) is 0 Å². The zero-order valence-corrected chi connectivity index (χ0v) is 9.77. The minimum Gasteiger partial charge on any atom is -0.396 e. The van der Waals surface area contributed by atoms with Crippen LogP contribution in [0.15, 0.2) is 12.4 Å². The Hall–Kier alpha value is -0.870. The smallest absolute Gasteiger partial charge is 0.0537 e. The molecular formula is C11H21N3O. The number of nitrogens with one attached hydrogen (secondary N) is 1. The van der Waals surface area contributed by atoms with Crippen LogP contribution in [0.1, 0.15) is 44.8 Å². The van der Waals surface area contributed by atoms with Crippen molar-refractivity contribution in [3.63, 3.8) is 0 Å². The van der Waals surface area contributed by atoms with E-state index >= 15 is 0 Å². The quantitative estimate of drug-likeness (QED) is 0.701. The normalized spacial score (nSPS) is 13.4.